The molecule has 0 aromatic rings. The summed E-state index contributed by atoms with van der Waals surface area (Å²) in [5.41, 5.74) is -1.48. The van der Waals surface area contributed by atoms with Crippen LogP contribution in [0.3, 0.4) is 0 Å². The lowest BCUT2D eigenvalue weighted by Gasteiger charge is -2.32. The van der Waals surface area contributed by atoms with Gasteiger partial charge >= 0.3 is 12.1 Å². The van der Waals surface area contributed by atoms with E-state index in [4.69, 9.17) is 9.47 Å². The fourth-order valence-corrected chi connectivity index (χ4v) is 2.65. The Balaban J connectivity index is 2.36. The molecule has 1 fully saturated rings. The van der Waals surface area contributed by atoms with E-state index in [0.29, 0.717) is 12.8 Å². The van der Waals surface area contributed by atoms with Crippen LogP contribution in [0.4, 0.5) is 4.79 Å². The Labute approximate surface area is 154 Å². The lowest BCUT2D eigenvalue weighted by molar-refractivity contribution is -0.155. The van der Waals surface area contributed by atoms with Crippen LogP contribution >= 0.6 is 0 Å². The van der Waals surface area contributed by atoms with E-state index >= 15 is 0 Å². The fourth-order valence-electron chi connectivity index (χ4n) is 2.65. The topological polar surface area (TPSA) is 118 Å². The Morgan fingerprint density at radius 1 is 1.19 bits per heavy atom. The van der Waals surface area contributed by atoms with Gasteiger partial charge in [-0.2, -0.15) is 5.26 Å². The number of alkyl carbamates (subject to hydrolysis) is 1. The lowest BCUT2D eigenvalue weighted by atomic mass is 9.83. The number of ether oxygens (including phenoxy) is 2. The first-order valence-corrected chi connectivity index (χ1v) is 8.96. The highest BCUT2D eigenvalue weighted by molar-refractivity contribution is 5.84. The summed E-state index contributed by atoms with van der Waals surface area (Å²) >= 11 is 0. The predicted octanol–water partition coefficient (Wildman–Crippen LogP) is 2.18. The second-order valence-corrected chi connectivity index (χ2v) is 7.55. The molecule has 0 aliphatic heterocycles. The van der Waals surface area contributed by atoms with Gasteiger partial charge in [0.2, 0.25) is 0 Å². The van der Waals surface area contributed by atoms with Crippen LogP contribution in [-0.4, -0.2) is 41.8 Å². The van der Waals surface area contributed by atoms with Gasteiger partial charge in [-0.15, -0.1) is 0 Å². The number of hydrogen-bond donors (Lipinski definition) is 2. The zero-order chi connectivity index (χ0) is 19.8. The van der Waals surface area contributed by atoms with Crippen LogP contribution in [0.25, 0.3) is 0 Å². The largest absolute Gasteiger partial charge is 0.452 e. The van der Waals surface area contributed by atoms with E-state index < -0.39 is 35.2 Å². The first-order chi connectivity index (χ1) is 12.1. The molecule has 1 rings (SSSR count). The van der Waals surface area contributed by atoms with Crippen molar-refractivity contribution in [3.63, 3.8) is 0 Å². The molecule has 0 heterocycles. The van der Waals surface area contributed by atoms with Crippen LogP contribution < -0.4 is 10.6 Å². The lowest BCUT2D eigenvalue weighted by Crippen LogP contribution is -2.52. The monoisotopic (exact) mass is 367 g/mol. The number of nitrogens with one attached hydrogen (secondary N) is 2. The Bertz CT molecular complexity index is 556. The second kappa shape index (κ2) is 9.41. The third kappa shape index (κ3) is 7.72. The molecule has 0 aromatic carbocycles. The highest BCUT2D eigenvalue weighted by Gasteiger charge is 2.35. The maximum Gasteiger partial charge on any atom is 0.407 e. The molecule has 8 nitrogen and oxygen atoms in total. The molecular weight excluding hydrogens is 338 g/mol. The summed E-state index contributed by atoms with van der Waals surface area (Å²) in [6, 6.07) is 2.19. The molecule has 8 heteroatoms. The van der Waals surface area contributed by atoms with E-state index in [1.807, 2.05) is 0 Å². The van der Waals surface area contributed by atoms with Crippen LogP contribution in [-0.2, 0) is 19.1 Å². The molecule has 0 radical (unpaired) electrons. The Hall–Kier alpha value is -2.30. The number of nitriles is 1. The van der Waals surface area contributed by atoms with Gasteiger partial charge in [0.25, 0.3) is 5.91 Å². The smallest absolute Gasteiger partial charge is 0.407 e. The van der Waals surface area contributed by atoms with E-state index in [9.17, 15) is 19.6 Å². The van der Waals surface area contributed by atoms with Crippen molar-refractivity contribution in [1.82, 2.24) is 10.6 Å². The first-order valence-electron chi connectivity index (χ1n) is 8.96. The summed E-state index contributed by atoms with van der Waals surface area (Å²) in [5.74, 6) is -1.10. The van der Waals surface area contributed by atoms with Crippen molar-refractivity contribution in [2.75, 3.05) is 6.54 Å². The first kappa shape index (κ1) is 21.7. The fraction of sp³-hybridized carbons (Fsp3) is 0.778. The van der Waals surface area contributed by atoms with Crippen LogP contribution in [0, 0.1) is 11.3 Å². The quantitative estimate of drug-likeness (QED) is 0.695. The van der Waals surface area contributed by atoms with E-state index in [1.165, 1.54) is 6.92 Å². The van der Waals surface area contributed by atoms with Crippen molar-refractivity contribution in [1.29, 1.82) is 5.26 Å². The maximum atomic E-state index is 12.2. The molecular formula is C18H29N3O5. The molecule has 0 aromatic heterocycles. The SMILES string of the molecule is C[C@@H](OC(=O)CCNC(=O)OC(C)(C)C)C(=O)NC1(C#N)CCCCC1. The number of nitrogens with zero attached hydrogens (tertiary/aromatic N) is 1. The molecule has 2 amide bonds. The van der Waals surface area contributed by atoms with Gasteiger partial charge in [0.15, 0.2) is 6.10 Å². The zero-order valence-electron chi connectivity index (χ0n) is 16.0. The van der Waals surface area contributed by atoms with Gasteiger partial charge in [-0.1, -0.05) is 19.3 Å². The van der Waals surface area contributed by atoms with Gasteiger partial charge in [-0.25, -0.2) is 4.79 Å². The highest BCUT2D eigenvalue weighted by Crippen LogP contribution is 2.27. The molecule has 0 unspecified atom stereocenters. The van der Waals surface area contributed by atoms with Crippen molar-refractivity contribution >= 4 is 18.0 Å². The molecule has 146 valence electrons. The van der Waals surface area contributed by atoms with Gasteiger partial charge in [0.05, 0.1) is 12.5 Å². The molecule has 0 saturated heterocycles. The summed E-state index contributed by atoms with van der Waals surface area (Å²) in [5, 5.41) is 14.5. The Kier molecular flexibility index (Phi) is 7.87. The van der Waals surface area contributed by atoms with Crippen LogP contribution in [0.15, 0.2) is 0 Å². The van der Waals surface area contributed by atoms with Crippen molar-refractivity contribution in [2.45, 2.75) is 83.5 Å². The van der Waals surface area contributed by atoms with Crippen molar-refractivity contribution in [2.24, 2.45) is 0 Å². The summed E-state index contributed by atoms with van der Waals surface area (Å²) in [6.45, 7) is 6.72. The molecule has 26 heavy (non-hydrogen) atoms. The molecule has 1 aliphatic rings. The number of amides is 2. The number of carbonyl (C=O) groups excluding carboxylic acids is 3. The normalized spacial score (nSPS) is 17.3. The van der Waals surface area contributed by atoms with Crippen molar-refractivity contribution < 1.29 is 23.9 Å². The van der Waals surface area contributed by atoms with Crippen LogP contribution in [0.5, 0.6) is 0 Å². The van der Waals surface area contributed by atoms with Crippen molar-refractivity contribution in [3.8, 4) is 6.07 Å². The van der Waals surface area contributed by atoms with Gasteiger partial charge in [-0.05, 0) is 40.5 Å². The summed E-state index contributed by atoms with van der Waals surface area (Å²) in [6.07, 6.45) is 2.33. The van der Waals surface area contributed by atoms with E-state index in [1.54, 1.807) is 20.8 Å². The highest BCUT2D eigenvalue weighted by atomic mass is 16.6. The Morgan fingerprint density at radius 3 is 2.35 bits per heavy atom. The van der Waals surface area contributed by atoms with Crippen LogP contribution in [0.1, 0.15) is 66.2 Å². The minimum Gasteiger partial charge on any atom is -0.452 e. The van der Waals surface area contributed by atoms with Crippen molar-refractivity contribution in [3.05, 3.63) is 0 Å². The molecule has 1 atom stereocenters. The van der Waals surface area contributed by atoms with E-state index in [0.717, 1.165) is 19.3 Å². The third-order valence-corrected chi connectivity index (χ3v) is 3.96. The maximum absolute atomic E-state index is 12.2. The number of rotatable bonds is 6. The van der Waals surface area contributed by atoms with Gasteiger partial charge < -0.3 is 20.1 Å². The van der Waals surface area contributed by atoms with Gasteiger partial charge in [0.1, 0.15) is 11.1 Å². The molecule has 0 bridgehead atoms. The summed E-state index contributed by atoms with van der Waals surface area (Å²) in [4.78, 5) is 35.5. The Morgan fingerprint density at radius 2 is 1.81 bits per heavy atom. The minimum atomic E-state index is -1.00. The molecule has 0 spiro atoms. The average Bonchev–Trinajstić information content (AvgIpc) is 2.53. The van der Waals surface area contributed by atoms with Gasteiger partial charge in [0, 0.05) is 6.54 Å². The van der Waals surface area contributed by atoms with E-state index in [-0.39, 0.29) is 13.0 Å². The predicted molar refractivity (Wildman–Crippen MR) is 94.0 cm³/mol. The third-order valence-electron chi connectivity index (χ3n) is 3.96. The van der Waals surface area contributed by atoms with E-state index in [2.05, 4.69) is 16.7 Å². The van der Waals surface area contributed by atoms with Gasteiger partial charge in [-0.3, -0.25) is 9.59 Å². The number of esters is 1. The summed E-state index contributed by atoms with van der Waals surface area (Å²) < 4.78 is 10.1. The standard InChI is InChI=1S/C18H29N3O5/c1-13(15(23)21-18(12-19)9-6-5-7-10-18)25-14(22)8-11-20-16(24)26-17(2,3)4/h13H,5-11H2,1-4H3,(H,20,24)(H,21,23)/t13-/m1/s1. The second-order valence-electron chi connectivity index (χ2n) is 7.55. The zero-order valence-corrected chi connectivity index (χ0v) is 16.0. The number of hydrogen-bond acceptors (Lipinski definition) is 6. The average molecular weight is 367 g/mol. The van der Waals surface area contributed by atoms with Crippen LogP contribution in [0.2, 0.25) is 0 Å². The summed E-state index contributed by atoms with van der Waals surface area (Å²) in [7, 11) is 0. The molecule has 2 N–H and O–H groups in total. The molecule has 1 aliphatic carbocycles. The number of carbonyl (C=O) groups is 3. The molecule has 1 saturated carbocycles. The minimum absolute atomic E-state index is 0.0459.